The van der Waals surface area contributed by atoms with E-state index in [4.69, 9.17) is 13.9 Å². The summed E-state index contributed by atoms with van der Waals surface area (Å²) in [5, 5.41) is 0. The number of ether oxygens (including phenoxy) is 2. The number of halogens is 1. The Morgan fingerprint density at radius 3 is 2.57 bits per heavy atom. The monoisotopic (exact) mass is 480 g/mol. The summed E-state index contributed by atoms with van der Waals surface area (Å²) in [5.41, 5.74) is 1.21. The highest BCUT2D eigenvalue weighted by Gasteiger charge is 2.27. The zero-order valence-electron chi connectivity index (χ0n) is 19.7. The minimum Gasteiger partial charge on any atom is -0.497 e. The van der Waals surface area contributed by atoms with E-state index in [9.17, 15) is 14.0 Å². The van der Waals surface area contributed by atoms with Gasteiger partial charge in [-0.05, 0) is 60.9 Å². The lowest BCUT2D eigenvalue weighted by Gasteiger charge is -2.29. The maximum absolute atomic E-state index is 13.5. The number of nitrogens with zero attached hydrogens (tertiary/aromatic N) is 2. The zero-order chi connectivity index (χ0) is 24.6. The molecule has 1 aromatic heterocycles. The van der Waals surface area contributed by atoms with Gasteiger partial charge in [0.15, 0.2) is 0 Å². The van der Waals surface area contributed by atoms with Crippen molar-refractivity contribution in [3.05, 3.63) is 89.6 Å². The van der Waals surface area contributed by atoms with Crippen LogP contribution in [0.3, 0.4) is 0 Å². The van der Waals surface area contributed by atoms with Crippen molar-refractivity contribution in [2.75, 3.05) is 26.8 Å². The molecule has 0 bridgehead atoms. The van der Waals surface area contributed by atoms with E-state index in [1.807, 2.05) is 0 Å². The molecule has 0 saturated carbocycles. The Hall–Kier alpha value is -3.65. The van der Waals surface area contributed by atoms with Crippen molar-refractivity contribution in [1.29, 1.82) is 0 Å². The summed E-state index contributed by atoms with van der Waals surface area (Å²) in [6.45, 7) is 1.31. The second-order valence-electron chi connectivity index (χ2n) is 8.51. The molecule has 1 aliphatic heterocycles. The van der Waals surface area contributed by atoms with E-state index < -0.39 is 0 Å². The number of carbonyl (C=O) groups is 2. The van der Waals surface area contributed by atoms with Gasteiger partial charge in [0.1, 0.15) is 23.9 Å². The third kappa shape index (κ3) is 6.70. The lowest BCUT2D eigenvalue weighted by molar-refractivity contribution is -0.133. The van der Waals surface area contributed by atoms with Crippen LogP contribution in [-0.2, 0) is 22.6 Å². The van der Waals surface area contributed by atoms with E-state index in [2.05, 4.69) is 0 Å². The molecule has 2 amide bonds. The highest BCUT2D eigenvalue weighted by atomic mass is 19.1. The quantitative estimate of drug-likeness (QED) is 0.433. The molecule has 184 valence electrons. The average Bonchev–Trinajstić information content (AvgIpc) is 3.58. The van der Waals surface area contributed by atoms with Gasteiger partial charge in [0.05, 0.1) is 26.0 Å². The summed E-state index contributed by atoms with van der Waals surface area (Å²) in [5.74, 6) is 0.317. The van der Waals surface area contributed by atoms with Crippen molar-refractivity contribution in [1.82, 2.24) is 9.80 Å². The summed E-state index contributed by atoms with van der Waals surface area (Å²) < 4.78 is 29.9. The topological polar surface area (TPSA) is 72.2 Å². The molecule has 2 heterocycles. The van der Waals surface area contributed by atoms with Gasteiger partial charge in [-0.3, -0.25) is 9.59 Å². The highest BCUT2D eigenvalue weighted by Crippen LogP contribution is 2.19. The van der Waals surface area contributed by atoms with E-state index in [-0.39, 0.29) is 43.4 Å². The van der Waals surface area contributed by atoms with E-state index in [1.54, 1.807) is 66.8 Å². The Kier molecular flexibility index (Phi) is 8.15. The van der Waals surface area contributed by atoms with Gasteiger partial charge in [0.2, 0.25) is 5.91 Å². The molecule has 8 heteroatoms. The van der Waals surface area contributed by atoms with Gasteiger partial charge in [-0.2, -0.15) is 0 Å². The summed E-state index contributed by atoms with van der Waals surface area (Å²) in [7, 11) is 1.54. The molecular formula is C27H29FN2O5. The van der Waals surface area contributed by atoms with E-state index in [1.165, 1.54) is 17.0 Å². The van der Waals surface area contributed by atoms with Gasteiger partial charge in [-0.1, -0.05) is 18.2 Å². The maximum atomic E-state index is 13.5. The van der Waals surface area contributed by atoms with E-state index in [0.29, 0.717) is 30.2 Å². The van der Waals surface area contributed by atoms with Gasteiger partial charge < -0.3 is 23.7 Å². The third-order valence-electron chi connectivity index (χ3n) is 5.94. The second-order valence-corrected chi connectivity index (χ2v) is 8.51. The normalized spacial score (nSPS) is 15.1. The molecular weight excluding hydrogens is 451 g/mol. The number of furan rings is 1. The summed E-state index contributed by atoms with van der Waals surface area (Å²) in [4.78, 5) is 30.1. The van der Waals surface area contributed by atoms with Crippen molar-refractivity contribution >= 4 is 11.8 Å². The summed E-state index contributed by atoms with van der Waals surface area (Å²) >= 11 is 0. The number of rotatable bonds is 10. The first-order chi connectivity index (χ1) is 17.0. The molecule has 4 rings (SSSR count). The average molecular weight is 481 g/mol. The Labute approximate surface area is 204 Å². The molecule has 0 spiro atoms. The number of carbonyl (C=O) groups excluding carboxylic acids is 2. The Balaban J connectivity index is 1.55. The van der Waals surface area contributed by atoms with Crippen molar-refractivity contribution in [3.63, 3.8) is 0 Å². The first-order valence-corrected chi connectivity index (χ1v) is 11.6. The van der Waals surface area contributed by atoms with Gasteiger partial charge in [0, 0.05) is 25.3 Å². The second kappa shape index (κ2) is 11.7. The molecule has 7 nitrogen and oxygen atoms in total. The van der Waals surface area contributed by atoms with Crippen LogP contribution in [0.25, 0.3) is 0 Å². The van der Waals surface area contributed by atoms with Gasteiger partial charge in [-0.15, -0.1) is 0 Å². The van der Waals surface area contributed by atoms with E-state index >= 15 is 0 Å². The first-order valence-electron chi connectivity index (χ1n) is 11.6. The number of hydrogen-bond donors (Lipinski definition) is 0. The predicted octanol–water partition coefficient (Wildman–Crippen LogP) is 4.28. The maximum Gasteiger partial charge on any atom is 0.254 e. The number of amides is 2. The van der Waals surface area contributed by atoms with Crippen LogP contribution in [0.5, 0.6) is 5.75 Å². The van der Waals surface area contributed by atoms with Gasteiger partial charge in [0.25, 0.3) is 5.91 Å². The molecule has 35 heavy (non-hydrogen) atoms. The molecule has 2 aromatic carbocycles. The summed E-state index contributed by atoms with van der Waals surface area (Å²) in [6, 6.07) is 16.4. The minimum absolute atomic E-state index is 0.118. The highest BCUT2D eigenvalue weighted by molar-refractivity contribution is 5.96. The molecule has 0 N–H and O–H groups in total. The number of benzene rings is 2. The molecule has 1 aliphatic rings. The fourth-order valence-corrected chi connectivity index (χ4v) is 4.09. The molecule has 0 aliphatic carbocycles. The molecule has 1 atom stereocenters. The molecule has 1 fully saturated rings. The van der Waals surface area contributed by atoms with Crippen LogP contribution in [0.4, 0.5) is 4.39 Å². The Morgan fingerprint density at radius 1 is 1.06 bits per heavy atom. The lowest BCUT2D eigenvalue weighted by atomic mass is 10.1. The Morgan fingerprint density at radius 2 is 1.89 bits per heavy atom. The standard InChI is InChI=1S/C27H29FN2O5/c1-33-23-6-2-5-21(15-23)27(32)30(18-25-8-4-14-35-25)19-26(31)29(17-24-7-3-13-34-24)16-20-9-11-22(28)12-10-20/h2-3,5-7,9-13,15,25H,4,8,14,16-19H2,1H3. The Bertz CT molecular complexity index is 1110. The van der Waals surface area contributed by atoms with Crippen LogP contribution in [0.2, 0.25) is 0 Å². The zero-order valence-corrected chi connectivity index (χ0v) is 19.7. The van der Waals surface area contributed by atoms with Crippen LogP contribution in [-0.4, -0.2) is 54.5 Å². The van der Waals surface area contributed by atoms with Crippen LogP contribution >= 0.6 is 0 Å². The number of hydrogen-bond acceptors (Lipinski definition) is 5. The van der Waals surface area contributed by atoms with Crippen molar-refractivity contribution < 1.29 is 27.9 Å². The van der Waals surface area contributed by atoms with Crippen LogP contribution in [0.15, 0.2) is 71.3 Å². The van der Waals surface area contributed by atoms with Crippen molar-refractivity contribution in [2.45, 2.75) is 32.0 Å². The fraction of sp³-hybridized carbons (Fsp3) is 0.333. The fourth-order valence-electron chi connectivity index (χ4n) is 4.09. The van der Waals surface area contributed by atoms with Crippen LogP contribution in [0.1, 0.15) is 34.5 Å². The lowest BCUT2D eigenvalue weighted by Crippen LogP contribution is -2.45. The van der Waals surface area contributed by atoms with Crippen LogP contribution in [0, 0.1) is 5.82 Å². The third-order valence-corrected chi connectivity index (χ3v) is 5.94. The SMILES string of the molecule is COc1cccc(C(=O)N(CC(=O)N(Cc2ccc(F)cc2)Cc2ccco2)CC2CCCO2)c1. The van der Waals surface area contributed by atoms with Gasteiger partial charge >= 0.3 is 0 Å². The minimum atomic E-state index is -0.343. The first kappa shape index (κ1) is 24.5. The molecule has 1 saturated heterocycles. The van der Waals surface area contributed by atoms with Gasteiger partial charge in [-0.25, -0.2) is 4.39 Å². The number of methoxy groups -OCH3 is 1. The van der Waals surface area contributed by atoms with E-state index in [0.717, 1.165) is 18.4 Å². The van der Waals surface area contributed by atoms with Crippen LogP contribution < -0.4 is 4.74 Å². The van der Waals surface area contributed by atoms with Crippen molar-refractivity contribution in [3.8, 4) is 5.75 Å². The largest absolute Gasteiger partial charge is 0.497 e. The molecule has 1 unspecified atom stereocenters. The smallest absolute Gasteiger partial charge is 0.254 e. The molecule has 3 aromatic rings. The summed E-state index contributed by atoms with van der Waals surface area (Å²) in [6.07, 6.45) is 3.19. The van der Waals surface area contributed by atoms with Crippen molar-refractivity contribution in [2.24, 2.45) is 0 Å². The predicted molar refractivity (Wildman–Crippen MR) is 127 cm³/mol. The molecule has 0 radical (unpaired) electrons.